The van der Waals surface area contributed by atoms with Crippen molar-refractivity contribution in [3.63, 3.8) is 0 Å². The number of aromatic nitrogens is 1. The van der Waals surface area contributed by atoms with Gasteiger partial charge in [0, 0.05) is 18.1 Å². The topological polar surface area (TPSA) is 62.7 Å². The zero-order valence-corrected chi connectivity index (χ0v) is 18.5. The third-order valence-corrected chi connectivity index (χ3v) is 6.79. The second-order valence-electron chi connectivity index (χ2n) is 7.97. The minimum Gasteiger partial charge on any atom is -0.497 e. The molecule has 7 heteroatoms. The maximum absolute atomic E-state index is 15.2. The van der Waals surface area contributed by atoms with Crippen molar-refractivity contribution in [1.82, 2.24) is 9.88 Å². The van der Waals surface area contributed by atoms with E-state index in [9.17, 15) is 9.90 Å². The predicted octanol–water partition coefficient (Wildman–Crippen LogP) is 4.81. The van der Waals surface area contributed by atoms with Gasteiger partial charge in [-0.15, -0.1) is 0 Å². The molecule has 1 N–H and O–H groups in total. The predicted molar refractivity (Wildman–Crippen MR) is 120 cm³/mol. The lowest BCUT2D eigenvalue weighted by atomic mass is 9.81. The normalized spacial score (nSPS) is 20.9. The molecule has 0 saturated carbocycles. The van der Waals surface area contributed by atoms with Gasteiger partial charge in [-0.3, -0.25) is 9.78 Å². The molecule has 0 bridgehead atoms. The van der Waals surface area contributed by atoms with Crippen LogP contribution in [0.15, 0.2) is 30.5 Å². The molecule has 0 spiro atoms. The van der Waals surface area contributed by atoms with Crippen LogP contribution < -0.4 is 4.74 Å². The molecule has 3 rings (SSSR count). The maximum atomic E-state index is 15.2. The number of rotatable bonds is 10. The number of likely N-dealkylation sites (tertiary alicyclic amines) is 1. The first kappa shape index (κ1) is 22.8. The van der Waals surface area contributed by atoms with E-state index in [-0.39, 0.29) is 5.92 Å². The van der Waals surface area contributed by atoms with Gasteiger partial charge < -0.3 is 14.7 Å². The van der Waals surface area contributed by atoms with Crippen molar-refractivity contribution in [3.8, 4) is 5.75 Å². The third-order valence-electron chi connectivity index (χ3n) is 6.09. The van der Waals surface area contributed by atoms with E-state index < -0.39 is 18.1 Å². The van der Waals surface area contributed by atoms with Crippen molar-refractivity contribution in [3.05, 3.63) is 36.0 Å². The number of piperidine rings is 1. The summed E-state index contributed by atoms with van der Waals surface area (Å²) in [6.45, 7) is 2.41. The number of nitrogens with zero attached hydrogens (tertiary/aromatic N) is 2. The van der Waals surface area contributed by atoms with Gasteiger partial charge in [-0.2, -0.15) is 11.8 Å². The molecule has 3 atom stereocenters. The van der Waals surface area contributed by atoms with Crippen LogP contribution in [0, 0.1) is 11.8 Å². The molecule has 1 saturated heterocycles. The molecule has 2 heterocycles. The van der Waals surface area contributed by atoms with Gasteiger partial charge >= 0.3 is 5.97 Å². The molecule has 1 aromatic heterocycles. The number of ether oxygens (including phenoxy) is 1. The summed E-state index contributed by atoms with van der Waals surface area (Å²) in [6.07, 6.45) is 5.33. The summed E-state index contributed by atoms with van der Waals surface area (Å²) in [5, 5.41) is 10.5. The van der Waals surface area contributed by atoms with Gasteiger partial charge in [0.05, 0.1) is 18.5 Å². The maximum Gasteiger partial charge on any atom is 0.308 e. The van der Waals surface area contributed by atoms with Gasteiger partial charge in [0.15, 0.2) is 0 Å². The molecule has 0 aliphatic carbocycles. The zero-order chi connectivity index (χ0) is 21.5. The number of alkyl halides is 1. The number of fused-ring (bicyclic) bond motifs is 1. The highest BCUT2D eigenvalue weighted by Crippen LogP contribution is 2.35. The number of carboxylic acid groups (broad SMARTS) is 1. The lowest BCUT2D eigenvalue weighted by Gasteiger charge is -2.36. The Morgan fingerprint density at radius 2 is 2.27 bits per heavy atom. The Labute approximate surface area is 182 Å². The lowest BCUT2D eigenvalue weighted by Crippen LogP contribution is -2.44. The van der Waals surface area contributed by atoms with Crippen LogP contribution in [-0.4, -0.2) is 59.7 Å². The minimum absolute atomic E-state index is 0.0141. The van der Waals surface area contributed by atoms with Crippen molar-refractivity contribution in [2.75, 3.05) is 38.8 Å². The monoisotopic (exact) mass is 434 g/mol. The SMILES string of the molecule is COc1ccc2nccc([C@H](F)CC[C@@H]3CCN(CCCSC)C[C@@H]3C(=O)O)c2c1. The highest BCUT2D eigenvalue weighted by Gasteiger charge is 2.34. The molecule has 5 nitrogen and oxygen atoms in total. The van der Waals surface area contributed by atoms with Crippen LogP contribution in [-0.2, 0) is 4.79 Å². The van der Waals surface area contributed by atoms with Crippen LogP contribution in [0.4, 0.5) is 4.39 Å². The minimum atomic E-state index is -1.16. The first-order valence-electron chi connectivity index (χ1n) is 10.5. The third kappa shape index (κ3) is 5.64. The van der Waals surface area contributed by atoms with Crippen molar-refractivity contribution >= 4 is 28.6 Å². The molecule has 1 aliphatic heterocycles. The van der Waals surface area contributed by atoms with Crippen LogP contribution in [0.3, 0.4) is 0 Å². The number of benzene rings is 1. The average Bonchev–Trinajstić information content (AvgIpc) is 2.77. The summed E-state index contributed by atoms with van der Waals surface area (Å²) < 4.78 is 20.5. The molecule has 164 valence electrons. The molecular formula is C23H31FN2O3S. The second kappa shape index (κ2) is 11.0. The Kier molecular flexibility index (Phi) is 8.33. The Morgan fingerprint density at radius 1 is 1.43 bits per heavy atom. The molecule has 0 radical (unpaired) electrons. The quantitative estimate of drug-likeness (QED) is 0.542. The molecule has 1 aliphatic rings. The van der Waals surface area contributed by atoms with Gasteiger partial charge in [-0.25, -0.2) is 4.39 Å². The number of hydrogen-bond acceptors (Lipinski definition) is 5. The van der Waals surface area contributed by atoms with Crippen molar-refractivity contribution in [2.24, 2.45) is 11.8 Å². The first-order valence-corrected chi connectivity index (χ1v) is 11.9. The number of pyridine rings is 1. The molecule has 0 unspecified atom stereocenters. The number of hydrogen-bond donors (Lipinski definition) is 1. The van der Waals surface area contributed by atoms with Crippen LogP contribution in [0.2, 0.25) is 0 Å². The Hall–Kier alpha value is -1.86. The molecule has 2 aromatic rings. The highest BCUT2D eigenvalue weighted by atomic mass is 32.2. The summed E-state index contributed by atoms with van der Waals surface area (Å²) >= 11 is 1.81. The van der Waals surface area contributed by atoms with E-state index in [1.54, 1.807) is 19.4 Å². The van der Waals surface area contributed by atoms with E-state index >= 15 is 4.39 Å². The number of aliphatic carboxylic acids is 1. The standard InChI is InChI=1S/C23H31FN2O3S/c1-29-17-5-7-22-19(14-17)18(8-10-25-22)21(24)6-4-16-9-12-26(11-3-13-30-2)15-20(16)23(27)28/h5,7-8,10,14,16,20-21H,3-4,6,9,11-13,15H2,1-2H3,(H,27,28)/t16-,20+,21-/m1/s1. The molecule has 30 heavy (non-hydrogen) atoms. The van der Waals surface area contributed by atoms with Gasteiger partial charge in [0.2, 0.25) is 0 Å². The van der Waals surface area contributed by atoms with Crippen molar-refractivity contribution in [2.45, 2.75) is 31.9 Å². The van der Waals surface area contributed by atoms with Crippen LogP contribution in [0.1, 0.15) is 37.4 Å². The van der Waals surface area contributed by atoms with Crippen LogP contribution >= 0.6 is 11.8 Å². The fourth-order valence-electron chi connectivity index (χ4n) is 4.39. The largest absolute Gasteiger partial charge is 0.497 e. The van der Waals surface area contributed by atoms with Gasteiger partial charge in [-0.1, -0.05) is 0 Å². The van der Waals surface area contributed by atoms with Crippen molar-refractivity contribution < 1.29 is 19.0 Å². The Balaban J connectivity index is 1.64. The van der Waals surface area contributed by atoms with Gasteiger partial charge in [0.25, 0.3) is 0 Å². The second-order valence-corrected chi connectivity index (χ2v) is 8.95. The highest BCUT2D eigenvalue weighted by molar-refractivity contribution is 7.98. The van der Waals surface area contributed by atoms with E-state index in [0.717, 1.165) is 42.6 Å². The number of methoxy groups -OCH3 is 1. The van der Waals surface area contributed by atoms with Crippen LogP contribution in [0.5, 0.6) is 5.75 Å². The molecular weight excluding hydrogens is 403 g/mol. The summed E-state index contributed by atoms with van der Waals surface area (Å²) in [5.41, 5.74) is 1.33. The molecule has 0 amide bonds. The number of thioether (sulfide) groups is 1. The fourth-order valence-corrected chi connectivity index (χ4v) is 4.81. The van der Waals surface area contributed by atoms with Crippen molar-refractivity contribution in [1.29, 1.82) is 0 Å². The van der Waals surface area contributed by atoms with E-state index in [1.165, 1.54) is 0 Å². The number of halogens is 1. The smallest absolute Gasteiger partial charge is 0.308 e. The summed E-state index contributed by atoms with van der Waals surface area (Å²) in [7, 11) is 1.59. The number of carbonyl (C=O) groups is 1. The Bertz CT molecular complexity index is 850. The van der Waals surface area contributed by atoms with E-state index in [1.807, 2.05) is 30.0 Å². The summed E-state index contributed by atoms with van der Waals surface area (Å²) in [6, 6.07) is 7.18. The van der Waals surface area contributed by atoms with Gasteiger partial charge in [0.1, 0.15) is 11.9 Å². The average molecular weight is 435 g/mol. The van der Waals surface area contributed by atoms with Gasteiger partial charge in [-0.05, 0) is 86.5 Å². The first-order chi connectivity index (χ1) is 14.5. The van der Waals surface area contributed by atoms with E-state index in [2.05, 4.69) is 16.1 Å². The van der Waals surface area contributed by atoms with Crippen LogP contribution in [0.25, 0.3) is 10.9 Å². The molecule has 1 aromatic carbocycles. The Morgan fingerprint density at radius 3 is 3.00 bits per heavy atom. The summed E-state index contributed by atoms with van der Waals surface area (Å²) in [5.74, 6) is 0.591. The molecule has 1 fully saturated rings. The number of carboxylic acids is 1. The van der Waals surface area contributed by atoms with E-state index in [4.69, 9.17) is 4.74 Å². The van der Waals surface area contributed by atoms with E-state index in [0.29, 0.717) is 30.7 Å². The summed E-state index contributed by atoms with van der Waals surface area (Å²) in [4.78, 5) is 18.4. The lowest BCUT2D eigenvalue weighted by molar-refractivity contribution is -0.146. The zero-order valence-electron chi connectivity index (χ0n) is 17.7. The fraction of sp³-hybridized carbons (Fsp3) is 0.565.